The van der Waals surface area contributed by atoms with Crippen LogP contribution in [0.3, 0.4) is 0 Å². The van der Waals surface area contributed by atoms with Gasteiger partial charge in [-0.3, -0.25) is 4.79 Å². The Morgan fingerprint density at radius 1 is 0.621 bits per heavy atom. The minimum Gasteiger partial charge on any atom is -0.481 e. The zero-order chi connectivity index (χ0) is 24.4. The minimum absolute atomic E-state index is 0.176. The SMILES string of the molecule is C=C(C)C(=O)O.C=C(C)C(=O)O.C=C(C)C(=O)O.O=C(O)CC(CO)(CO)CO. The first-order chi connectivity index (χ1) is 13.0. The summed E-state index contributed by atoms with van der Waals surface area (Å²) >= 11 is 0. The normalized spacial score (nSPS) is 9.03. The van der Waals surface area contributed by atoms with Gasteiger partial charge in [0.05, 0.1) is 31.7 Å². The lowest BCUT2D eigenvalue weighted by Crippen LogP contribution is -2.36. The largest absolute Gasteiger partial charge is 0.481 e. The molecule has 29 heavy (non-hydrogen) atoms. The van der Waals surface area contributed by atoms with Crippen LogP contribution in [0.1, 0.15) is 27.2 Å². The fraction of sp³-hybridized carbons (Fsp3) is 0.444. The highest BCUT2D eigenvalue weighted by molar-refractivity contribution is 5.85. The molecule has 0 aromatic heterocycles. The van der Waals surface area contributed by atoms with E-state index in [1.54, 1.807) is 0 Å². The molecule has 0 fully saturated rings. The van der Waals surface area contributed by atoms with Crippen LogP contribution in [0.15, 0.2) is 36.5 Å². The molecular weight excluding hydrogens is 392 g/mol. The zero-order valence-electron chi connectivity index (χ0n) is 16.7. The molecule has 0 saturated heterocycles. The van der Waals surface area contributed by atoms with Gasteiger partial charge in [0.25, 0.3) is 0 Å². The van der Waals surface area contributed by atoms with E-state index >= 15 is 0 Å². The first-order valence-electron chi connectivity index (χ1n) is 7.74. The summed E-state index contributed by atoms with van der Waals surface area (Å²) in [4.78, 5) is 39.0. The van der Waals surface area contributed by atoms with Gasteiger partial charge in [-0.25, -0.2) is 14.4 Å². The van der Waals surface area contributed by atoms with Gasteiger partial charge >= 0.3 is 23.9 Å². The maximum absolute atomic E-state index is 10.2. The molecule has 0 atom stereocenters. The van der Waals surface area contributed by atoms with Gasteiger partial charge in [0.1, 0.15) is 0 Å². The number of aliphatic hydroxyl groups is 3. The summed E-state index contributed by atoms with van der Waals surface area (Å²) in [5, 5.41) is 57.9. The van der Waals surface area contributed by atoms with E-state index in [0.29, 0.717) is 0 Å². The van der Waals surface area contributed by atoms with Crippen LogP contribution in [-0.4, -0.2) is 79.4 Å². The Kier molecular flexibility index (Phi) is 21.2. The highest BCUT2D eigenvalue weighted by Crippen LogP contribution is 2.19. The van der Waals surface area contributed by atoms with Crippen molar-refractivity contribution in [3.8, 4) is 0 Å². The quantitative estimate of drug-likeness (QED) is 0.265. The molecule has 0 aliphatic carbocycles. The highest BCUT2D eigenvalue weighted by atomic mass is 16.4. The molecule has 11 heteroatoms. The van der Waals surface area contributed by atoms with Gasteiger partial charge in [-0.05, 0) is 20.8 Å². The van der Waals surface area contributed by atoms with Crippen molar-refractivity contribution in [1.29, 1.82) is 0 Å². The molecule has 0 aliphatic rings. The fourth-order valence-corrected chi connectivity index (χ4v) is 0.639. The Balaban J connectivity index is -0.000000151. The zero-order valence-corrected chi connectivity index (χ0v) is 16.7. The molecule has 0 rings (SSSR count). The van der Waals surface area contributed by atoms with Crippen molar-refractivity contribution < 1.29 is 54.9 Å². The van der Waals surface area contributed by atoms with Gasteiger partial charge in [-0.1, -0.05) is 19.7 Å². The predicted octanol–water partition coefficient (Wildman–Crippen LogP) is 0.366. The number of carboxylic acids is 4. The van der Waals surface area contributed by atoms with Crippen LogP contribution in [0.5, 0.6) is 0 Å². The minimum atomic E-state index is -1.29. The summed E-state index contributed by atoms with van der Waals surface area (Å²) in [7, 11) is 0. The average Bonchev–Trinajstić information content (AvgIpc) is 2.60. The van der Waals surface area contributed by atoms with Gasteiger partial charge in [0.2, 0.25) is 0 Å². The van der Waals surface area contributed by atoms with Crippen molar-refractivity contribution in [2.75, 3.05) is 19.8 Å². The van der Waals surface area contributed by atoms with E-state index in [4.69, 9.17) is 35.7 Å². The van der Waals surface area contributed by atoms with Crippen LogP contribution in [-0.2, 0) is 19.2 Å². The second kappa shape index (κ2) is 18.3. The summed E-state index contributed by atoms with van der Waals surface area (Å²) in [6, 6.07) is 0. The molecule has 0 spiro atoms. The Morgan fingerprint density at radius 3 is 0.828 bits per heavy atom. The van der Waals surface area contributed by atoms with Gasteiger partial charge in [0, 0.05) is 16.7 Å². The molecular formula is C18H30O11. The topological polar surface area (TPSA) is 210 Å². The van der Waals surface area contributed by atoms with Crippen LogP contribution in [0.2, 0.25) is 0 Å². The molecule has 0 amide bonds. The standard InChI is InChI=1S/C6H12O5.3C4H6O2/c7-2-6(3-8,4-9)1-5(10)11;3*1-3(2)4(5)6/h7-9H,1-4H2,(H,10,11);3*1H2,2H3,(H,5,6). The molecule has 0 heterocycles. The van der Waals surface area contributed by atoms with E-state index in [-0.39, 0.29) is 16.7 Å². The third-order valence-corrected chi connectivity index (χ3v) is 2.63. The molecule has 168 valence electrons. The van der Waals surface area contributed by atoms with Gasteiger partial charge < -0.3 is 35.7 Å². The number of carbonyl (C=O) groups is 4. The van der Waals surface area contributed by atoms with Crippen LogP contribution < -0.4 is 0 Å². The second-order valence-corrected chi connectivity index (χ2v) is 5.80. The lowest BCUT2D eigenvalue weighted by atomic mass is 9.87. The second-order valence-electron chi connectivity index (χ2n) is 5.80. The molecule has 0 unspecified atom stereocenters. The van der Waals surface area contributed by atoms with E-state index in [0.717, 1.165) is 0 Å². The Hall–Kier alpha value is -3.02. The van der Waals surface area contributed by atoms with Crippen molar-refractivity contribution in [1.82, 2.24) is 0 Å². The first-order valence-corrected chi connectivity index (χ1v) is 7.74. The molecule has 0 bridgehead atoms. The maximum atomic E-state index is 10.2. The summed E-state index contributed by atoms with van der Waals surface area (Å²) in [5.41, 5.74) is -0.758. The van der Waals surface area contributed by atoms with Crippen molar-refractivity contribution in [3.63, 3.8) is 0 Å². The third-order valence-electron chi connectivity index (χ3n) is 2.63. The van der Waals surface area contributed by atoms with Crippen molar-refractivity contribution >= 4 is 23.9 Å². The smallest absolute Gasteiger partial charge is 0.330 e. The van der Waals surface area contributed by atoms with Crippen LogP contribution in [0.25, 0.3) is 0 Å². The van der Waals surface area contributed by atoms with Gasteiger partial charge in [0.15, 0.2) is 0 Å². The van der Waals surface area contributed by atoms with Crippen molar-refractivity contribution in [3.05, 3.63) is 36.5 Å². The number of carboxylic acid groups (broad SMARTS) is 4. The Morgan fingerprint density at radius 2 is 0.793 bits per heavy atom. The number of aliphatic carboxylic acids is 4. The monoisotopic (exact) mass is 422 g/mol. The van der Waals surface area contributed by atoms with Gasteiger partial charge in [-0.15, -0.1) is 0 Å². The lowest BCUT2D eigenvalue weighted by molar-refractivity contribution is -0.143. The molecule has 0 aromatic carbocycles. The average molecular weight is 422 g/mol. The van der Waals surface area contributed by atoms with E-state index in [2.05, 4.69) is 19.7 Å². The first kappa shape index (κ1) is 33.6. The summed E-state index contributed by atoms with van der Waals surface area (Å²) in [6.07, 6.45) is -0.434. The van der Waals surface area contributed by atoms with E-state index in [9.17, 15) is 19.2 Å². The fourth-order valence-electron chi connectivity index (χ4n) is 0.639. The summed E-state index contributed by atoms with van der Waals surface area (Å²) in [6.45, 7) is 12.2. The van der Waals surface area contributed by atoms with E-state index in [1.165, 1.54) is 20.8 Å². The van der Waals surface area contributed by atoms with Crippen LogP contribution >= 0.6 is 0 Å². The lowest BCUT2D eigenvalue weighted by Gasteiger charge is -2.24. The summed E-state index contributed by atoms with van der Waals surface area (Å²) < 4.78 is 0. The Labute approximate surface area is 168 Å². The van der Waals surface area contributed by atoms with Crippen molar-refractivity contribution in [2.24, 2.45) is 5.41 Å². The van der Waals surface area contributed by atoms with Crippen LogP contribution in [0.4, 0.5) is 0 Å². The maximum Gasteiger partial charge on any atom is 0.330 e. The molecule has 7 N–H and O–H groups in total. The predicted molar refractivity (Wildman–Crippen MR) is 103 cm³/mol. The number of hydrogen-bond donors (Lipinski definition) is 7. The van der Waals surface area contributed by atoms with E-state index < -0.39 is 55.5 Å². The number of aliphatic hydroxyl groups excluding tert-OH is 3. The summed E-state index contributed by atoms with van der Waals surface area (Å²) in [5.74, 6) is -3.96. The molecule has 11 nitrogen and oxygen atoms in total. The van der Waals surface area contributed by atoms with Crippen molar-refractivity contribution in [2.45, 2.75) is 27.2 Å². The molecule has 0 aliphatic heterocycles. The highest BCUT2D eigenvalue weighted by Gasteiger charge is 2.30. The molecule has 0 aromatic rings. The third kappa shape index (κ3) is 25.0. The van der Waals surface area contributed by atoms with Crippen LogP contribution in [0, 0.1) is 5.41 Å². The Bertz CT molecular complexity index is 485. The van der Waals surface area contributed by atoms with E-state index in [1.807, 2.05) is 0 Å². The number of hydrogen-bond acceptors (Lipinski definition) is 7. The van der Waals surface area contributed by atoms with Gasteiger partial charge in [-0.2, -0.15) is 0 Å². The number of rotatable bonds is 8. The molecule has 0 saturated carbocycles. The molecule has 0 radical (unpaired) electrons.